The molecule has 0 aromatic heterocycles. The first-order chi connectivity index (χ1) is 11.9. The third-order valence-corrected chi connectivity index (χ3v) is 3.48. The van der Waals surface area contributed by atoms with Crippen LogP contribution in [-0.2, 0) is 11.3 Å². The fourth-order valence-corrected chi connectivity index (χ4v) is 2.17. The quantitative estimate of drug-likeness (QED) is 0.717. The summed E-state index contributed by atoms with van der Waals surface area (Å²) in [6, 6.07) is 12.4. The number of carbonyl (C=O) groups is 1. The van der Waals surface area contributed by atoms with Gasteiger partial charge in [0.1, 0.15) is 5.82 Å². The Labute approximate surface area is 146 Å². The molecule has 0 aliphatic heterocycles. The number of ether oxygens (including phenoxy) is 1. The number of rotatable bonds is 7. The maximum absolute atomic E-state index is 12.9. The van der Waals surface area contributed by atoms with Crippen molar-refractivity contribution in [3.05, 3.63) is 65.5 Å². The molecule has 2 amide bonds. The van der Waals surface area contributed by atoms with Gasteiger partial charge >= 0.3 is 6.03 Å². The largest absolute Gasteiger partial charge is 0.387 e. The fourth-order valence-electron chi connectivity index (χ4n) is 2.17. The maximum atomic E-state index is 12.9. The minimum Gasteiger partial charge on any atom is -0.387 e. The van der Waals surface area contributed by atoms with E-state index in [2.05, 4.69) is 10.6 Å². The number of halogens is 1. The van der Waals surface area contributed by atoms with Crippen LogP contribution in [0.5, 0.6) is 0 Å². The van der Waals surface area contributed by atoms with Gasteiger partial charge in [-0.3, -0.25) is 0 Å². The van der Waals surface area contributed by atoms with Gasteiger partial charge in [0, 0.05) is 12.2 Å². The standard InChI is InChI=1S/C19H23FN2O3/c1-13(2)25-12-14-4-3-5-17(10-14)22-19(24)21-11-18(23)15-6-8-16(20)9-7-15/h3-10,13,18,23H,11-12H2,1-2H3,(H2,21,22,24). The van der Waals surface area contributed by atoms with E-state index in [0.717, 1.165) is 5.56 Å². The number of hydrogen-bond donors (Lipinski definition) is 3. The Bertz CT molecular complexity index is 689. The molecule has 0 bridgehead atoms. The minimum atomic E-state index is -0.905. The van der Waals surface area contributed by atoms with Crippen LogP contribution in [0.15, 0.2) is 48.5 Å². The summed E-state index contributed by atoms with van der Waals surface area (Å²) in [4.78, 5) is 12.0. The lowest BCUT2D eigenvalue weighted by atomic mass is 10.1. The normalized spacial score (nSPS) is 12.0. The van der Waals surface area contributed by atoms with Crippen molar-refractivity contribution in [3.63, 3.8) is 0 Å². The van der Waals surface area contributed by atoms with E-state index in [1.807, 2.05) is 32.0 Å². The highest BCUT2D eigenvalue weighted by Gasteiger charge is 2.10. The number of amides is 2. The summed E-state index contributed by atoms with van der Waals surface area (Å²) in [6.45, 7) is 4.41. The van der Waals surface area contributed by atoms with E-state index in [-0.39, 0.29) is 18.5 Å². The highest BCUT2D eigenvalue weighted by Crippen LogP contribution is 2.14. The Kier molecular flexibility index (Phi) is 6.91. The third-order valence-electron chi connectivity index (χ3n) is 3.48. The second-order valence-electron chi connectivity index (χ2n) is 5.96. The van der Waals surface area contributed by atoms with Crippen LogP contribution < -0.4 is 10.6 Å². The smallest absolute Gasteiger partial charge is 0.319 e. The first kappa shape index (κ1) is 18.9. The van der Waals surface area contributed by atoms with Crippen LogP contribution >= 0.6 is 0 Å². The maximum Gasteiger partial charge on any atom is 0.319 e. The van der Waals surface area contributed by atoms with Crippen molar-refractivity contribution in [1.82, 2.24) is 5.32 Å². The molecule has 0 spiro atoms. The zero-order valence-electron chi connectivity index (χ0n) is 14.3. The van der Waals surface area contributed by atoms with Crippen molar-refractivity contribution in [3.8, 4) is 0 Å². The summed E-state index contributed by atoms with van der Waals surface area (Å²) in [7, 11) is 0. The van der Waals surface area contributed by atoms with Gasteiger partial charge in [-0.05, 0) is 49.2 Å². The van der Waals surface area contributed by atoms with Crippen LogP contribution in [0, 0.1) is 5.82 Å². The van der Waals surface area contributed by atoms with Gasteiger partial charge in [-0.25, -0.2) is 9.18 Å². The molecule has 25 heavy (non-hydrogen) atoms. The van der Waals surface area contributed by atoms with Gasteiger partial charge in [-0.15, -0.1) is 0 Å². The van der Waals surface area contributed by atoms with Crippen molar-refractivity contribution in [2.45, 2.75) is 32.7 Å². The van der Waals surface area contributed by atoms with E-state index < -0.39 is 12.1 Å². The summed E-state index contributed by atoms with van der Waals surface area (Å²) in [5, 5.41) is 15.3. The van der Waals surface area contributed by atoms with Crippen molar-refractivity contribution >= 4 is 11.7 Å². The third kappa shape index (κ3) is 6.52. The molecule has 5 nitrogen and oxygen atoms in total. The summed E-state index contributed by atoms with van der Waals surface area (Å²) in [5.74, 6) is -0.372. The molecule has 0 heterocycles. The second-order valence-corrected chi connectivity index (χ2v) is 5.96. The Morgan fingerprint density at radius 3 is 2.60 bits per heavy atom. The Morgan fingerprint density at radius 2 is 1.92 bits per heavy atom. The molecule has 2 rings (SSSR count). The molecular weight excluding hydrogens is 323 g/mol. The number of nitrogens with one attached hydrogen (secondary N) is 2. The Hall–Kier alpha value is -2.44. The van der Waals surface area contributed by atoms with Gasteiger partial charge in [0.25, 0.3) is 0 Å². The number of hydrogen-bond acceptors (Lipinski definition) is 3. The van der Waals surface area contributed by atoms with E-state index in [4.69, 9.17) is 4.74 Å². The van der Waals surface area contributed by atoms with E-state index in [1.54, 1.807) is 6.07 Å². The lowest BCUT2D eigenvalue weighted by molar-refractivity contribution is 0.0657. The van der Waals surface area contributed by atoms with E-state index in [1.165, 1.54) is 24.3 Å². The topological polar surface area (TPSA) is 70.6 Å². The van der Waals surface area contributed by atoms with Crippen LogP contribution in [0.2, 0.25) is 0 Å². The molecule has 0 saturated heterocycles. The summed E-state index contributed by atoms with van der Waals surface area (Å²) >= 11 is 0. The zero-order valence-corrected chi connectivity index (χ0v) is 14.3. The minimum absolute atomic E-state index is 0.0214. The van der Waals surface area contributed by atoms with Crippen LogP contribution in [0.3, 0.4) is 0 Å². The van der Waals surface area contributed by atoms with E-state index >= 15 is 0 Å². The fraction of sp³-hybridized carbons (Fsp3) is 0.316. The average Bonchev–Trinajstić information content (AvgIpc) is 2.59. The van der Waals surface area contributed by atoms with Crippen LogP contribution in [0.25, 0.3) is 0 Å². The molecule has 0 aliphatic rings. The molecule has 134 valence electrons. The first-order valence-electron chi connectivity index (χ1n) is 8.13. The van der Waals surface area contributed by atoms with Gasteiger partial charge in [0.05, 0.1) is 18.8 Å². The Morgan fingerprint density at radius 1 is 1.20 bits per heavy atom. The molecule has 3 N–H and O–H groups in total. The van der Waals surface area contributed by atoms with E-state index in [0.29, 0.717) is 17.9 Å². The molecular formula is C19H23FN2O3. The molecule has 1 unspecified atom stereocenters. The van der Waals surface area contributed by atoms with Crippen LogP contribution in [-0.4, -0.2) is 23.8 Å². The molecule has 6 heteroatoms. The van der Waals surface area contributed by atoms with Gasteiger partial charge in [0.15, 0.2) is 0 Å². The number of anilines is 1. The summed E-state index contributed by atoms with van der Waals surface area (Å²) in [6.07, 6.45) is -0.773. The second kappa shape index (κ2) is 9.15. The highest BCUT2D eigenvalue weighted by atomic mass is 19.1. The van der Waals surface area contributed by atoms with Gasteiger partial charge in [0.2, 0.25) is 0 Å². The molecule has 1 atom stereocenters. The monoisotopic (exact) mass is 346 g/mol. The van der Waals surface area contributed by atoms with Crippen molar-refractivity contribution in [2.24, 2.45) is 0 Å². The predicted octanol–water partition coefficient (Wildman–Crippen LogP) is 3.61. The van der Waals surface area contributed by atoms with E-state index in [9.17, 15) is 14.3 Å². The van der Waals surface area contributed by atoms with Crippen molar-refractivity contribution < 1.29 is 19.0 Å². The summed E-state index contributed by atoms with van der Waals surface area (Å²) < 4.78 is 18.4. The highest BCUT2D eigenvalue weighted by molar-refractivity contribution is 5.89. The average molecular weight is 346 g/mol. The van der Waals surface area contributed by atoms with Gasteiger partial charge in [-0.2, -0.15) is 0 Å². The van der Waals surface area contributed by atoms with Gasteiger partial charge < -0.3 is 20.5 Å². The molecule has 2 aromatic carbocycles. The van der Waals surface area contributed by atoms with Crippen molar-refractivity contribution in [1.29, 1.82) is 0 Å². The molecule has 0 aliphatic carbocycles. The first-order valence-corrected chi connectivity index (χ1v) is 8.13. The Balaban J connectivity index is 1.83. The zero-order chi connectivity index (χ0) is 18.2. The molecule has 0 fully saturated rings. The van der Waals surface area contributed by atoms with Crippen LogP contribution in [0.1, 0.15) is 31.1 Å². The van der Waals surface area contributed by atoms with Gasteiger partial charge in [-0.1, -0.05) is 24.3 Å². The van der Waals surface area contributed by atoms with Crippen molar-refractivity contribution in [2.75, 3.05) is 11.9 Å². The lowest BCUT2D eigenvalue weighted by Crippen LogP contribution is -2.32. The number of benzene rings is 2. The molecule has 2 aromatic rings. The number of aliphatic hydroxyl groups is 1. The summed E-state index contributed by atoms with van der Waals surface area (Å²) in [5.41, 5.74) is 2.13. The number of urea groups is 1. The SMILES string of the molecule is CC(C)OCc1cccc(NC(=O)NCC(O)c2ccc(F)cc2)c1. The lowest BCUT2D eigenvalue weighted by Gasteiger charge is -2.13. The number of carbonyl (C=O) groups excluding carboxylic acids is 1. The predicted molar refractivity (Wildman–Crippen MR) is 94.7 cm³/mol. The number of aliphatic hydroxyl groups excluding tert-OH is 1. The molecule has 0 saturated carbocycles. The molecule has 0 radical (unpaired) electrons. The van der Waals surface area contributed by atoms with Crippen LogP contribution in [0.4, 0.5) is 14.9 Å².